The van der Waals surface area contributed by atoms with E-state index >= 15 is 0 Å². The summed E-state index contributed by atoms with van der Waals surface area (Å²) in [6.45, 7) is 1.15. The summed E-state index contributed by atoms with van der Waals surface area (Å²) >= 11 is 0. The summed E-state index contributed by atoms with van der Waals surface area (Å²) in [5.41, 5.74) is 0.636. The molecule has 1 unspecified atom stereocenters. The van der Waals surface area contributed by atoms with E-state index in [-0.39, 0.29) is 6.04 Å². The monoisotopic (exact) mass is 234 g/mol. The zero-order chi connectivity index (χ0) is 12.2. The van der Waals surface area contributed by atoms with E-state index in [1.165, 1.54) is 0 Å². The highest BCUT2D eigenvalue weighted by atomic mass is 19.4. The van der Waals surface area contributed by atoms with Crippen molar-refractivity contribution in [1.29, 1.82) is 0 Å². The predicted molar refractivity (Wildman–Crippen MR) is 52.7 cm³/mol. The van der Waals surface area contributed by atoms with Gasteiger partial charge in [-0.25, -0.2) is 0 Å². The molecule has 0 aromatic carbocycles. The quantitative estimate of drug-likeness (QED) is 0.832. The molecule has 2 atom stereocenters. The summed E-state index contributed by atoms with van der Waals surface area (Å²) in [5, 5.41) is 11.3. The molecule has 0 radical (unpaired) electrons. The number of alkyl halides is 3. The van der Waals surface area contributed by atoms with Crippen molar-refractivity contribution >= 4 is 0 Å². The molecule has 0 aliphatic rings. The Balaban J connectivity index is 2.45. The molecule has 0 saturated carbocycles. The first-order valence-electron chi connectivity index (χ1n) is 4.80. The number of aliphatic hydroxyl groups excluding tert-OH is 1. The van der Waals surface area contributed by atoms with Crippen LogP contribution in [-0.4, -0.2) is 28.9 Å². The first-order valence-corrected chi connectivity index (χ1v) is 4.80. The minimum atomic E-state index is -4.59. The second-order valence-corrected chi connectivity index (χ2v) is 3.44. The Morgan fingerprint density at radius 1 is 1.44 bits per heavy atom. The lowest BCUT2D eigenvalue weighted by molar-refractivity contribution is -0.202. The van der Waals surface area contributed by atoms with Crippen LogP contribution in [-0.2, 0) is 0 Å². The molecular weight excluding hydrogens is 221 g/mol. The van der Waals surface area contributed by atoms with Gasteiger partial charge < -0.3 is 10.4 Å². The smallest absolute Gasteiger partial charge is 0.382 e. The Morgan fingerprint density at radius 2 is 2.12 bits per heavy atom. The van der Waals surface area contributed by atoms with Crippen LogP contribution in [0.25, 0.3) is 0 Å². The van der Waals surface area contributed by atoms with E-state index in [2.05, 4.69) is 10.3 Å². The molecule has 3 nitrogen and oxygen atoms in total. The SMILES string of the molecule is C[C@@H](NCC(O)C(F)(F)F)c1ccccn1. The highest BCUT2D eigenvalue weighted by Gasteiger charge is 2.37. The molecular formula is C10H13F3N2O. The van der Waals surface area contributed by atoms with Gasteiger partial charge in [0.25, 0.3) is 0 Å². The van der Waals surface area contributed by atoms with Gasteiger partial charge in [-0.05, 0) is 19.1 Å². The second-order valence-electron chi connectivity index (χ2n) is 3.44. The van der Waals surface area contributed by atoms with Crippen molar-refractivity contribution in [3.8, 4) is 0 Å². The summed E-state index contributed by atoms with van der Waals surface area (Å²) in [6, 6.07) is 4.84. The third-order valence-corrected chi connectivity index (χ3v) is 2.13. The number of aliphatic hydroxyl groups is 1. The van der Waals surface area contributed by atoms with Gasteiger partial charge >= 0.3 is 6.18 Å². The number of rotatable bonds is 4. The van der Waals surface area contributed by atoms with E-state index in [1.54, 1.807) is 31.3 Å². The van der Waals surface area contributed by atoms with E-state index < -0.39 is 18.8 Å². The maximum Gasteiger partial charge on any atom is 0.415 e. The van der Waals surface area contributed by atoms with Gasteiger partial charge in [-0.3, -0.25) is 4.98 Å². The normalized spacial score (nSPS) is 15.8. The van der Waals surface area contributed by atoms with Crippen LogP contribution >= 0.6 is 0 Å². The first kappa shape index (κ1) is 12.9. The highest BCUT2D eigenvalue weighted by molar-refractivity contribution is 5.07. The summed E-state index contributed by atoms with van der Waals surface area (Å²) in [4.78, 5) is 3.99. The Bertz CT molecular complexity index is 316. The molecule has 0 bridgehead atoms. The van der Waals surface area contributed by atoms with Crippen LogP contribution in [0, 0.1) is 0 Å². The molecule has 0 amide bonds. The third kappa shape index (κ3) is 3.79. The maximum atomic E-state index is 12.0. The van der Waals surface area contributed by atoms with E-state index in [1.807, 2.05) is 0 Å². The number of halogens is 3. The average molecular weight is 234 g/mol. The Morgan fingerprint density at radius 3 is 2.62 bits per heavy atom. The number of pyridine rings is 1. The summed E-state index contributed by atoms with van der Waals surface area (Å²) in [7, 11) is 0. The molecule has 0 spiro atoms. The molecule has 1 heterocycles. The number of aromatic nitrogens is 1. The van der Waals surface area contributed by atoms with Crippen molar-refractivity contribution in [1.82, 2.24) is 10.3 Å². The minimum absolute atomic E-state index is 0.335. The number of hydrogen-bond acceptors (Lipinski definition) is 3. The van der Waals surface area contributed by atoms with Gasteiger partial charge in [0.15, 0.2) is 6.10 Å². The van der Waals surface area contributed by atoms with Gasteiger partial charge in [0, 0.05) is 18.8 Å². The van der Waals surface area contributed by atoms with Crippen LogP contribution in [0.5, 0.6) is 0 Å². The lowest BCUT2D eigenvalue weighted by Gasteiger charge is -2.18. The fraction of sp³-hybridized carbons (Fsp3) is 0.500. The number of nitrogens with zero attached hydrogens (tertiary/aromatic N) is 1. The highest BCUT2D eigenvalue weighted by Crippen LogP contribution is 2.20. The molecule has 0 saturated heterocycles. The van der Waals surface area contributed by atoms with Crippen LogP contribution in [0.1, 0.15) is 18.7 Å². The molecule has 90 valence electrons. The molecule has 0 aliphatic carbocycles. The Labute approximate surface area is 91.3 Å². The summed E-state index contributed by atoms with van der Waals surface area (Å²) in [5.74, 6) is 0. The van der Waals surface area contributed by atoms with Crippen LogP contribution in [0.15, 0.2) is 24.4 Å². The Hall–Kier alpha value is -1.14. The molecule has 0 aliphatic heterocycles. The lowest BCUT2D eigenvalue weighted by atomic mass is 10.2. The lowest BCUT2D eigenvalue weighted by Crippen LogP contribution is -2.39. The molecule has 1 aromatic heterocycles. The molecule has 2 N–H and O–H groups in total. The predicted octanol–water partition coefficient (Wildman–Crippen LogP) is 1.66. The van der Waals surface area contributed by atoms with Crippen LogP contribution in [0.4, 0.5) is 13.2 Å². The van der Waals surface area contributed by atoms with E-state index in [9.17, 15) is 13.2 Å². The fourth-order valence-electron chi connectivity index (χ4n) is 1.14. The number of nitrogens with one attached hydrogen (secondary N) is 1. The summed E-state index contributed by atoms with van der Waals surface area (Å²) < 4.78 is 36.0. The van der Waals surface area contributed by atoms with Crippen molar-refractivity contribution in [2.75, 3.05) is 6.54 Å². The van der Waals surface area contributed by atoms with Crippen molar-refractivity contribution in [3.63, 3.8) is 0 Å². The topological polar surface area (TPSA) is 45.1 Å². The van der Waals surface area contributed by atoms with Crippen LogP contribution in [0.2, 0.25) is 0 Å². The van der Waals surface area contributed by atoms with Gasteiger partial charge in [0.05, 0.1) is 5.69 Å². The molecule has 0 fully saturated rings. The number of hydrogen-bond donors (Lipinski definition) is 2. The van der Waals surface area contributed by atoms with Crippen molar-refractivity contribution in [2.24, 2.45) is 0 Å². The van der Waals surface area contributed by atoms with Crippen molar-refractivity contribution < 1.29 is 18.3 Å². The molecule has 1 aromatic rings. The minimum Gasteiger partial charge on any atom is -0.382 e. The van der Waals surface area contributed by atoms with E-state index in [0.29, 0.717) is 5.69 Å². The zero-order valence-corrected chi connectivity index (χ0v) is 8.70. The first-order chi connectivity index (χ1) is 7.41. The molecule has 6 heteroatoms. The Kier molecular flexibility index (Phi) is 4.26. The van der Waals surface area contributed by atoms with Gasteiger partial charge in [-0.15, -0.1) is 0 Å². The van der Waals surface area contributed by atoms with Crippen LogP contribution < -0.4 is 5.32 Å². The largest absolute Gasteiger partial charge is 0.415 e. The maximum absolute atomic E-state index is 12.0. The van der Waals surface area contributed by atoms with E-state index in [0.717, 1.165) is 0 Å². The molecule has 1 rings (SSSR count). The van der Waals surface area contributed by atoms with Crippen LogP contribution in [0.3, 0.4) is 0 Å². The van der Waals surface area contributed by atoms with Crippen molar-refractivity contribution in [2.45, 2.75) is 25.2 Å². The average Bonchev–Trinajstić information content (AvgIpc) is 2.25. The van der Waals surface area contributed by atoms with Gasteiger partial charge in [-0.1, -0.05) is 6.07 Å². The summed E-state index contributed by atoms with van der Waals surface area (Å²) in [6.07, 6.45) is -5.37. The molecule has 16 heavy (non-hydrogen) atoms. The van der Waals surface area contributed by atoms with Gasteiger partial charge in [0.1, 0.15) is 0 Å². The zero-order valence-electron chi connectivity index (χ0n) is 8.70. The van der Waals surface area contributed by atoms with E-state index in [4.69, 9.17) is 5.11 Å². The standard InChI is InChI=1S/C10H13F3N2O/c1-7(8-4-2-3-5-14-8)15-6-9(16)10(11,12)13/h2-5,7,9,15-16H,6H2,1H3/t7-,9?/m1/s1. The van der Waals surface area contributed by atoms with Crippen molar-refractivity contribution in [3.05, 3.63) is 30.1 Å². The fourth-order valence-corrected chi connectivity index (χ4v) is 1.14. The van der Waals surface area contributed by atoms with Gasteiger partial charge in [-0.2, -0.15) is 13.2 Å². The second kappa shape index (κ2) is 5.27. The third-order valence-electron chi connectivity index (χ3n) is 2.13. The van der Waals surface area contributed by atoms with Gasteiger partial charge in [0.2, 0.25) is 0 Å².